The molecule has 1 saturated carbocycles. The van der Waals surface area contributed by atoms with E-state index in [1.54, 1.807) is 48.5 Å². The molecule has 9 heteroatoms. The third kappa shape index (κ3) is 4.41. The summed E-state index contributed by atoms with van der Waals surface area (Å²) in [7, 11) is 1.70. The number of amides is 1. The second-order valence-corrected chi connectivity index (χ2v) is 9.35. The molecule has 32 heavy (non-hydrogen) atoms. The van der Waals surface area contributed by atoms with Gasteiger partial charge in [-0.15, -0.1) is 0 Å². The SMILES string of the molecule is CN(C(=O)CSc1nc2cc(Cl)ccc2c(=O)n1Cc1ccco1)C1(C#N)CCCCC1. The van der Waals surface area contributed by atoms with Crippen LogP contribution in [0.15, 0.2) is 51.0 Å². The first kappa shape index (κ1) is 22.4. The Hall–Kier alpha value is -2.76. The predicted molar refractivity (Wildman–Crippen MR) is 124 cm³/mol. The number of thioether (sulfide) groups is 1. The van der Waals surface area contributed by atoms with Crippen LogP contribution in [-0.4, -0.2) is 38.7 Å². The molecule has 0 N–H and O–H groups in total. The van der Waals surface area contributed by atoms with Crippen molar-refractivity contribution in [1.82, 2.24) is 14.5 Å². The Labute approximate surface area is 195 Å². The zero-order chi connectivity index (χ0) is 22.7. The Balaban J connectivity index is 1.63. The molecule has 1 aliphatic carbocycles. The number of rotatable bonds is 6. The fourth-order valence-electron chi connectivity index (χ4n) is 4.10. The Morgan fingerprint density at radius 3 is 2.81 bits per heavy atom. The first-order chi connectivity index (χ1) is 15.4. The van der Waals surface area contributed by atoms with Gasteiger partial charge >= 0.3 is 0 Å². The minimum atomic E-state index is -0.756. The first-order valence-corrected chi connectivity index (χ1v) is 11.8. The average Bonchev–Trinajstić information content (AvgIpc) is 3.32. The maximum atomic E-state index is 13.2. The van der Waals surface area contributed by atoms with Crippen LogP contribution in [0.25, 0.3) is 10.9 Å². The molecule has 7 nitrogen and oxygen atoms in total. The van der Waals surface area contributed by atoms with E-state index in [1.807, 2.05) is 0 Å². The number of halogens is 1. The molecule has 2 aromatic heterocycles. The molecule has 0 radical (unpaired) electrons. The lowest BCUT2D eigenvalue weighted by Crippen LogP contribution is -2.50. The van der Waals surface area contributed by atoms with E-state index in [2.05, 4.69) is 11.1 Å². The average molecular weight is 471 g/mol. The molecular formula is C23H23ClN4O3S. The Kier molecular flexibility index (Phi) is 6.58. The third-order valence-corrected chi connectivity index (χ3v) is 7.20. The van der Waals surface area contributed by atoms with E-state index >= 15 is 0 Å². The van der Waals surface area contributed by atoms with Gasteiger partial charge in [-0.3, -0.25) is 14.2 Å². The van der Waals surface area contributed by atoms with Crippen molar-refractivity contribution in [2.45, 2.75) is 49.3 Å². The number of aromatic nitrogens is 2. The number of furan rings is 1. The molecule has 1 amide bonds. The number of fused-ring (bicyclic) bond motifs is 1. The van der Waals surface area contributed by atoms with Crippen LogP contribution >= 0.6 is 23.4 Å². The van der Waals surface area contributed by atoms with E-state index in [9.17, 15) is 14.9 Å². The van der Waals surface area contributed by atoms with Crippen LogP contribution in [-0.2, 0) is 11.3 Å². The molecule has 166 valence electrons. The van der Waals surface area contributed by atoms with Gasteiger partial charge in [0.15, 0.2) is 5.16 Å². The highest BCUT2D eigenvalue weighted by Crippen LogP contribution is 2.33. The van der Waals surface area contributed by atoms with E-state index in [4.69, 9.17) is 16.0 Å². The summed E-state index contributed by atoms with van der Waals surface area (Å²) in [6.45, 7) is 0.200. The molecule has 1 aromatic carbocycles. The Morgan fingerprint density at radius 1 is 1.34 bits per heavy atom. The summed E-state index contributed by atoms with van der Waals surface area (Å²) >= 11 is 7.28. The van der Waals surface area contributed by atoms with Crippen molar-refractivity contribution in [2.24, 2.45) is 0 Å². The van der Waals surface area contributed by atoms with E-state index < -0.39 is 5.54 Å². The second-order valence-electron chi connectivity index (χ2n) is 7.97. The lowest BCUT2D eigenvalue weighted by atomic mass is 9.81. The molecule has 1 aliphatic rings. The third-order valence-electron chi connectivity index (χ3n) is 6.01. The van der Waals surface area contributed by atoms with Crippen LogP contribution in [0.4, 0.5) is 0 Å². The molecule has 0 unspecified atom stereocenters. The fraction of sp³-hybridized carbons (Fsp3) is 0.391. The molecule has 4 rings (SSSR count). The largest absolute Gasteiger partial charge is 0.467 e. The zero-order valence-corrected chi connectivity index (χ0v) is 19.3. The van der Waals surface area contributed by atoms with Gasteiger partial charge < -0.3 is 9.32 Å². The quantitative estimate of drug-likeness (QED) is 0.390. The van der Waals surface area contributed by atoms with Crippen molar-refractivity contribution >= 4 is 40.2 Å². The summed E-state index contributed by atoms with van der Waals surface area (Å²) in [5.41, 5.74) is -0.511. The van der Waals surface area contributed by atoms with Gasteiger partial charge in [0, 0.05) is 12.1 Å². The van der Waals surface area contributed by atoms with Gasteiger partial charge in [0.1, 0.15) is 11.3 Å². The van der Waals surface area contributed by atoms with Gasteiger partial charge in [-0.1, -0.05) is 42.6 Å². The van der Waals surface area contributed by atoms with Gasteiger partial charge in [0.2, 0.25) is 5.91 Å². The maximum absolute atomic E-state index is 13.2. The minimum Gasteiger partial charge on any atom is -0.467 e. The number of benzene rings is 1. The van der Waals surface area contributed by atoms with Gasteiger partial charge in [-0.25, -0.2) is 4.98 Å². The van der Waals surface area contributed by atoms with Crippen LogP contribution in [0.1, 0.15) is 37.9 Å². The number of carbonyl (C=O) groups is 1. The number of nitrogens with zero attached hydrogens (tertiary/aromatic N) is 4. The van der Waals surface area contributed by atoms with Crippen LogP contribution in [0.5, 0.6) is 0 Å². The van der Waals surface area contributed by atoms with Gasteiger partial charge in [0.05, 0.1) is 35.5 Å². The number of carbonyl (C=O) groups excluding carboxylic acids is 1. The van der Waals surface area contributed by atoms with Crippen LogP contribution in [0.3, 0.4) is 0 Å². The Morgan fingerprint density at radius 2 is 2.12 bits per heavy atom. The van der Waals surface area contributed by atoms with Crippen LogP contribution < -0.4 is 5.56 Å². The molecule has 3 aromatic rings. The molecular weight excluding hydrogens is 448 g/mol. The summed E-state index contributed by atoms with van der Waals surface area (Å²) in [5.74, 6) is 0.512. The summed E-state index contributed by atoms with van der Waals surface area (Å²) in [6.07, 6.45) is 5.88. The number of hydrogen-bond acceptors (Lipinski definition) is 6. The van der Waals surface area contributed by atoms with Crippen molar-refractivity contribution in [3.8, 4) is 6.07 Å². The lowest BCUT2D eigenvalue weighted by Gasteiger charge is -2.39. The standard InChI is InChI=1S/C23H23ClN4O3S/c1-27(23(15-25)9-3-2-4-10-23)20(29)14-32-22-26-19-12-16(24)7-8-18(19)21(30)28(22)13-17-6-5-11-31-17/h5-8,11-12H,2-4,9-10,13-14H2,1H3. The van der Waals surface area contributed by atoms with Crippen molar-refractivity contribution in [1.29, 1.82) is 5.26 Å². The summed E-state index contributed by atoms with van der Waals surface area (Å²) in [6, 6.07) is 10.9. The van der Waals surface area contributed by atoms with Gasteiger partial charge in [0.25, 0.3) is 5.56 Å². The Bertz CT molecular complexity index is 1230. The van der Waals surface area contributed by atoms with E-state index in [0.717, 1.165) is 19.3 Å². The van der Waals surface area contributed by atoms with Crippen molar-refractivity contribution in [3.63, 3.8) is 0 Å². The lowest BCUT2D eigenvalue weighted by molar-refractivity contribution is -0.131. The normalized spacial score (nSPS) is 15.4. The van der Waals surface area contributed by atoms with Gasteiger partial charge in [-0.2, -0.15) is 5.26 Å². The van der Waals surface area contributed by atoms with Crippen molar-refractivity contribution < 1.29 is 9.21 Å². The molecule has 0 spiro atoms. The van der Waals surface area contributed by atoms with Crippen LogP contribution in [0.2, 0.25) is 5.02 Å². The molecule has 0 saturated heterocycles. The second kappa shape index (κ2) is 9.39. The number of nitriles is 1. The topological polar surface area (TPSA) is 92.1 Å². The summed E-state index contributed by atoms with van der Waals surface area (Å²) in [5, 5.41) is 11.1. The van der Waals surface area contributed by atoms with E-state index in [0.29, 0.717) is 39.7 Å². The van der Waals surface area contributed by atoms with Crippen molar-refractivity contribution in [3.05, 3.63) is 57.7 Å². The zero-order valence-electron chi connectivity index (χ0n) is 17.7. The van der Waals surface area contributed by atoms with Crippen LogP contribution in [0, 0.1) is 11.3 Å². The van der Waals surface area contributed by atoms with E-state index in [1.165, 1.54) is 16.3 Å². The highest BCUT2D eigenvalue weighted by atomic mass is 35.5. The van der Waals surface area contributed by atoms with Gasteiger partial charge in [-0.05, 0) is 43.2 Å². The fourth-order valence-corrected chi connectivity index (χ4v) is 5.18. The molecule has 0 atom stereocenters. The summed E-state index contributed by atoms with van der Waals surface area (Å²) in [4.78, 5) is 32.4. The summed E-state index contributed by atoms with van der Waals surface area (Å²) < 4.78 is 6.93. The first-order valence-electron chi connectivity index (χ1n) is 10.5. The molecule has 0 bridgehead atoms. The van der Waals surface area contributed by atoms with Crippen molar-refractivity contribution in [2.75, 3.05) is 12.8 Å². The molecule has 1 fully saturated rings. The number of hydrogen-bond donors (Lipinski definition) is 0. The molecule has 2 heterocycles. The van der Waals surface area contributed by atoms with E-state index in [-0.39, 0.29) is 23.8 Å². The predicted octanol–water partition coefficient (Wildman–Crippen LogP) is 4.47. The monoisotopic (exact) mass is 470 g/mol. The smallest absolute Gasteiger partial charge is 0.262 e. The highest BCUT2D eigenvalue weighted by molar-refractivity contribution is 7.99. The highest BCUT2D eigenvalue weighted by Gasteiger charge is 2.38. The maximum Gasteiger partial charge on any atom is 0.262 e. The minimum absolute atomic E-state index is 0.0661. The molecule has 0 aliphatic heterocycles.